The number of ketones is 1. The Kier molecular flexibility index (Phi) is 17.3. The molecule has 0 amide bonds. The number of cyclic esters (lactones) is 1. The molecule has 5 rings (SSSR count). The molecule has 2 aromatic rings. The first-order valence-electron chi connectivity index (χ1n) is 22.8. The second-order valence-corrected chi connectivity index (χ2v) is 19.5. The van der Waals surface area contributed by atoms with Gasteiger partial charge in [-0.15, -0.1) is 5.10 Å². The molecule has 0 bridgehead atoms. The van der Waals surface area contributed by atoms with Crippen LogP contribution in [0, 0.1) is 23.7 Å². The molecule has 0 aliphatic carbocycles. The number of aromatic nitrogens is 4. The van der Waals surface area contributed by atoms with Crippen LogP contribution in [0.1, 0.15) is 106 Å². The van der Waals surface area contributed by atoms with Crippen LogP contribution in [0.4, 0.5) is 0 Å². The van der Waals surface area contributed by atoms with Crippen molar-refractivity contribution in [2.75, 3.05) is 14.2 Å². The van der Waals surface area contributed by atoms with Crippen molar-refractivity contribution < 1.29 is 63.5 Å². The lowest BCUT2D eigenvalue weighted by molar-refractivity contribution is -0.318. The number of Topliss-reactive ketones (excluding diaryl/α,β-unsaturated/α-hetero) is 1. The fourth-order valence-corrected chi connectivity index (χ4v) is 10.1. The van der Waals surface area contributed by atoms with Crippen molar-refractivity contribution >= 4 is 11.8 Å². The summed E-state index contributed by atoms with van der Waals surface area (Å²) in [5, 5.41) is 71.5. The molecule has 64 heavy (non-hydrogen) atoms. The SMILES string of the molecule is CC[C@H]1OC(=O)[C@H](C)[C@@H](O[C@H]2C[C@@](C)(OC)[C@@H](O)[C@H](C)O2)[C@H](C)[C@@H](O[C@@H]2O[C@H](C)C[C@H](N(C)Cc3nnnn3CCc3ccccc3)[C@H]2O)[C@](C)(O)C[C@@H](C)C(=O)[C@H](C)[C@@H](O)[C@]1(C)O. The van der Waals surface area contributed by atoms with Crippen LogP contribution < -0.4 is 0 Å². The van der Waals surface area contributed by atoms with Crippen molar-refractivity contribution in [3.63, 3.8) is 0 Å². The lowest BCUT2D eigenvalue weighted by atomic mass is 9.74. The fourth-order valence-electron chi connectivity index (χ4n) is 10.1. The van der Waals surface area contributed by atoms with E-state index in [1.54, 1.807) is 46.2 Å². The van der Waals surface area contributed by atoms with E-state index in [1.165, 1.54) is 27.9 Å². The van der Waals surface area contributed by atoms with Gasteiger partial charge in [0.2, 0.25) is 0 Å². The molecule has 3 aliphatic rings. The van der Waals surface area contributed by atoms with Crippen LogP contribution in [-0.4, -0.2) is 161 Å². The molecule has 3 saturated heterocycles. The molecule has 1 aromatic heterocycles. The first kappa shape index (κ1) is 52.0. The van der Waals surface area contributed by atoms with Gasteiger partial charge in [-0.3, -0.25) is 14.5 Å². The van der Waals surface area contributed by atoms with Crippen LogP contribution in [0.3, 0.4) is 0 Å². The number of tetrazole rings is 1. The minimum Gasteiger partial charge on any atom is -0.459 e. The summed E-state index contributed by atoms with van der Waals surface area (Å²) < 4.78 is 39.5. The van der Waals surface area contributed by atoms with Gasteiger partial charge in [0.15, 0.2) is 18.4 Å². The molecule has 18 nitrogen and oxygen atoms in total. The Labute approximate surface area is 377 Å². The Morgan fingerprint density at radius 2 is 1.59 bits per heavy atom. The molecule has 0 radical (unpaired) electrons. The fraction of sp³-hybridized carbons (Fsp3) is 0.804. The summed E-state index contributed by atoms with van der Waals surface area (Å²) in [4.78, 5) is 30.3. The molecule has 18 atom stereocenters. The van der Waals surface area contributed by atoms with Gasteiger partial charge >= 0.3 is 5.97 Å². The number of rotatable bonds is 12. The topological polar surface area (TPSA) is 238 Å². The monoisotopic (exact) mass is 906 g/mol. The highest BCUT2D eigenvalue weighted by atomic mass is 16.7. The van der Waals surface area contributed by atoms with Gasteiger partial charge in [-0.05, 0) is 90.3 Å². The number of aryl methyl sites for hydroxylation is 2. The van der Waals surface area contributed by atoms with Crippen LogP contribution in [0.15, 0.2) is 30.3 Å². The number of hydrogen-bond acceptors (Lipinski definition) is 17. The quantitative estimate of drug-likeness (QED) is 0.193. The van der Waals surface area contributed by atoms with Crippen molar-refractivity contribution in [1.29, 1.82) is 0 Å². The predicted molar refractivity (Wildman–Crippen MR) is 232 cm³/mol. The molecule has 1 aromatic carbocycles. The molecule has 5 N–H and O–H groups in total. The molecule has 3 fully saturated rings. The highest BCUT2D eigenvalue weighted by Gasteiger charge is 2.53. The van der Waals surface area contributed by atoms with Crippen LogP contribution in [0.5, 0.6) is 0 Å². The molecule has 0 unspecified atom stereocenters. The minimum atomic E-state index is -2.03. The lowest BCUT2D eigenvalue weighted by Gasteiger charge is -2.49. The van der Waals surface area contributed by atoms with E-state index in [1.807, 2.05) is 49.2 Å². The first-order chi connectivity index (χ1) is 29.9. The van der Waals surface area contributed by atoms with Gasteiger partial charge in [0.1, 0.15) is 29.7 Å². The maximum absolute atomic E-state index is 14.3. The molecule has 18 heteroatoms. The van der Waals surface area contributed by atoms with Gasteiger partial charge in [-0.2, -0.15) is 0 Å². The number of nitrogens with zero attached hydrogens (tertiary/aromatic N) is 5. The Bertz CT molecular complexity index is 1820. The third-order valence-electron chi connectivity index (χ3n) is 14.2. The number of carbonyl (C=O) groups is 2. The summed E-state index contributed by atoms with van der Waals surface area (Å²) in [6, 6.07) is 9.50. The molecule has 0 spiro atoms. The van der Waals surface area contributed by atoms with E-state index in [0.29, 0.717) is 25.3 Å². The number of likely N-dealkylation sites (N-methyl/N-ethyl adjacent to an activating group) is 1. The van der Waals surface area contributed by atoms with Crippen LogP contribution in [-0.2, 0) is 57.5 Å². The number of methoxy groups -OCH3 is 1. The highest BCUT2D eigenvalue weighted by molar-refractivity contribution is 5.83. The van der Waals surface area contributed by atoms with E-state index in [4.69, 9.17) is 28.4 Å². The number of carbonyl (C=O) groups excluding carboxylic acids is 2. The minimum absolute atomic E-state index is 0.0648. The predicted octanol–water partition coefficient (Wildman–Crippen LogP) is 2.59. The van der Waals surface area contributed by atoms with Gasteiger partial charge < -0.3 is 54.0 Å². The van der Waals surface area contributed by atoms with Crippen molar-refractivity contribution in [3.8, 4) is 0 Å². The number of aliphatic hydroxyl groups excluding tert-OH is 3. The van der Waals surface area contributed by atoms with Gasteiger partial charge in [0, 0.05) is 43.9 Å². The molecular weight excluding hydrogens is 831 g/mol. The second kappa shape index (κ2) is 21.3. The Hall–Kier alpha value is -3.01. The smallest absolute Gasteiger partial charge is 0.311 e. The Morgan fingerprint density at radius 3 is 2.23 bits per heavy atom. The standard InChI is InChI=1S/C46H75N5O13/c1-13-33-46(10,58)39(54)27(4)36(52)25(2)22-44(8,57)41(28(5)38(29(6)42(56)62-33)63-35-23-45(9,59-12)40(55)30(7)61-35)64-43-37(53)32(21-26(3)60-43)50(11)24-34-47-48-49-51(34)20-19-31-17-15-14-16-18-31/h14-18,25-30,32-33,35,37-41,43,53-55,57-58H,13,19-24H2,1-12H3/t25-,26-,27+,28+,29-,30+,32+,33-,35+,37-,38+,39-,40+,41-,43+,44-,45-,46-/m1/s1. The number of benzene rings is 1. The lowest BCUT2D eigenvalue weighted by Crippen LogP contribution is -2.61. The van der Waals surface area contributed by atoms with E-state index >= 15 is 0 Å². The van der Waals surface area contributed by atoms with Crippen molar-refractivity contribution in [2.24, 2.45) is 23.7 Å². The Morgan fingerprint density at radius 1 is 0.922 bits per heavy atom. The van der Waals surface area contributed by atoms with Crippen molar-refractivity contribution in [2.45, 2.75) is 199 Å². The average molecular weight is 906 g/mol. The van der Waals surface area contributed by atoms with Gasteiger partial charge in [-0.1, -0.05) is 58.0 Å². The summed E-state index contributed by atoms with van der Waals surface area (Å²) in [7, 11) is 3.34. The average Bonchev–Trinajstić information content (AvgIpc) is 3.70. The van der Waals surface area contributed by atoms with Crippen molar-refractivity contribution in [1.82, 2.24) is 25.1 Å². The number of aliphatic hydroxyl groups is 5. The first-order valence-corrected chi connectivity index (χ1v) is 22.8. The van der Waals surface area contributed by atoms with Gasteiger partial charge in [0.25, 0.3) is 0 Å². The zero-order valence-electron chi connectivity index (χ0n) is 39.7. The zero-order chi connectivity index (χ0) is 47.5. The summed E-state index contributed by atoms with van der Waals surface area (Å²) in [6.07, 6.45) is -9.90. The van der Waals surface area contributed by atoms with E-state index in [0.717, 1.165) is 12.0 Å². The van der Waals surface area contributed by atoms with Crippen molar-refractivity contribution in [3.05, 3.63) is 41.7 Å². The Balaban J connectivity index is 1.50. The van der Waals surface area contributed by atoms with E-state index in [2.05, 4.69) is 15.5 Å². The van der Waals surface area contributed by atoms with E-state index in [9.17, 15) is 35.1 Å². The summed E-state index contributed by atoms with van der Waals surface area (Å²) >= 11 is 0. The highest BCUT2D eigenvalue weighted by Crippen LogP contribution is 2.41. The molecule has 362 valence electrons. The molecule has 4 heterocycles. The normalized spacial score (nSPS) is 42.0. The third kappa shape index (κ3) is 11.6. The molecule has 0 saturated carbocycles. The van der Waals surface area contributed by atoms with E-state index in [-0.39, 0.29) is 19.3 Å². The largest absolute Gasteiger partial charge is 0.459 e. The number of ether oxygens (including phenoxy) is 6. The van der Waals surface area contributed by atoms with Crippen LogP contribution in [0.2, 0.25) is 0 Å². The summed E-state index contributed by atoms with van der Waals surface area (Å²) in [5.74, 6) is -4.62. The summed E-state index contributed by atoms with van der Waals surface area (Å²) in [6.45, 7) is 17.1. The van der Waals surface area contributed by atoms with Gasteiger partial charge in [-0.25, -0.2) is 4.68 Å². The van der Waals surface area contributed by atoms with Crippen LogP contribution >= 0.6 is 0 Å². The number of hydrogen-bond donors (Lipinski definition) is 5. The maximum Gasteiger partial charge on any atom is 0.311 e. The van der Waals surface area contributed by atoms with Crippen LogP contribution in [0.25, 0.3) is 0 Å². The molecule has 3 aliphatic heterocycles. The summed E-state index contributed by atoms with van der Waals surface area (Å²) in [5.41, 5.74) is -3.84. The van der Waals surface area contributed by atoms with Gasteiger partial charge in [0.05, 0.1) is 54.2 Å². The van der Waals surface area contributed by atoms with E-state index < -0.39 is 120 Å². The third-order valence-corrected chi connectivity index (χ3v) is 14.2. The number of esters is 1. The zero-order valence-corrected chi connectivity index (χ0v) is 39.7. The maximum atomic E-state index is 14.3. The molecular formula is C46H75N5O13. The second-order valence-electron chi connectivity index (χ2n) is 19.5.